The number of ether oxygens (including phenoxy) is 1. The number of benzene rings is 2. The van der Waals surface area contributed by atoms with E-state index in [2.05, 4.69) is 34.0 Å². The largest absolute Gasteiger partial charge is 0.497 e. The molecule has 1 N–H and O–H groups in total. The Morgan fingerprint density at radius 3 is 2.42 bits per heavy atom. The van der Waals surface area contributed by atoms with Crippen LogP contribution in [0.1, 0.15) is 33.8 Å². The van der Waals surface area contributed by atoms with Crippen molar-refractivity contribution in [2.45, 2.75) is 31.1 Å². The number of sulfonamides is 1. The lowest BCUT2D eigenvalue weighted by molar-refractivity contribution is 0.0694. The summed E-state index contributed by atoms with van der Waals surface area (Å²) < 4.78 is 33.0. The number of aromatic nitrogens is 1. The molecule has 0 spiro atoms. The number of rotatable bonds is 7. The molecule has 174 valence electrons. The minimum absolute atomic E-state index is 0.0851. The van der Waals surface area contributed by atoms with E-state index in [1.54, 1.807) is 19.1 Å². The van der Waals surface area contributed by atoms with Crippen LogP contribution in [0.5, 0.6) is 5.75 Å². The molecular weight excluding hydrogens is 458 g/mol. The van der Waals surface area contributed by atoms with Crippen molar-refractivity contribution in [3.63, 3.8) is 0 Å². The minimum Gasteiger partial charge on any atom is -0.497 e. The number of carbonyl (C=O) groups is 1. The van der Waals surface area contributed by atoms with Crippen LogP contribution in [0.25, 0.3) is 0 Å². The fourth-order valence-electron chi connectivity index (χ4n) is 4.00. The maximum Gasteiger partial charge on any atom is 0.265 e. The van der Waals surface area contributed by atoms with Crippen LogP contribution in [-0.2, 0) is 16.4 Å². The van der Waals surface area contributed by atoms with Crippen molar-refractivity contribution >= 4 is 32.4 Å². The lowest BCUT2D eigenvalue weighted by Crippen LogP contribution is -2.38. The number of methoxy groups -OCH3 is 1. The third-order valence-corrected chi connectivity index (χ3v) is 8.40. The van der Waals surface area contributed by atoms with E-state index in [0.29, 0.717) is 35.3 Å². The fraction of sp³-hybridized carbons (Fsp3) is 0.333. The fourth-order valence-corrected chi connectivity index (χ4v) is 6.17. The monoisotopic (exact) mass is 485 g/mol. The van der Waals surface area contributed by atoms with E-state index in [4.69, 9.17) is 4.74 Å². The molecule has 1 aliphatic rings. The Kier molecular flexibility index (Phi) is 6.99. The average molecular weight is 486 g/mol. The van der Waals surface area contributed by atoms with Crippen LogP contribution >= 0.6 is 11.3 Å². The van der Waals surface area contributed by atoms with Gasteiger partial charge in [-0.2, -0.15) is 0 Å². The lowest BCUT2D eigenvalue weighted by atomic mass is 9.90. The molecule has 9 heteroatoms. The number of carbonyl (C=O) groups excluding carboxylic acids is 1. The third-order valence-electron chi connectivity index (χ3n) is 5.85. The zero-order chi connectivity index (χ0) is 23.4. The number of thiazole rings is 1. The number of aryl methyl sites for hydroxylation is 1. The highest BCUT2D eigenvalue weighted by Crippen LogP contribution is 2.29. The molecule has 1 aliphatic heterocycles. The number of piperidine rings is 1. The van der Waals surface area contributed by atoms with E-state index in [1.165, 1.54) is 24.8 Å². The highest BCUT2D eigenvalue weighted by Gasteiger charge is 2.27. The summed E-state index contributed by atoms with van der Waals surface area (Å²) in [4.78, 5) is 19.8. The molecule has 0 saturated carbocycles. The Morgan fingerprint density at radius 1 is 1.12 bits per heavy atom. The van der Waals surface area contributed by atoms with Gasteiger partial charge in [-0.1, -0.05) is 41.7 Å². The molecule has 0 unspecified atom stereocenters. The Morgan fingerprint density at radius 2 is 1.79 bits per heavy atom. The van der Waals surface area contributed by atoms with Gasteiger partial charge in [0.1, 0.15) is 10.6 Å². The summed E-state index contributed by atoms with van der Waals surface area (Å²) in [5.74, 6) is 1.04. The Hall–Kier alpha value is -2.91. The van der Waals surface area contributed by atoms with Gasteiger partial charge >= 0.3 is 0 Å². The molecule has 2 heterocycles. The molecule has 1 saturated heterocycles. The Labute approximate surface area is 198 Å². The first kappa shape index (κ1) is 23.3. The lowest BCUT2D eigenvalue weighted by Gasteiger charge is -2.32. The summed E-state index contributed by atoms with van der Waals surface area (Å²) >= 11 is 1.08. The summed E-state index contributed by atoms with van der Waals surface area (Å²) in [5, 5.41) is 0.186. The van der Waals surface area contributed by atoms with Gasteiger partial charge in [0, 0.05) is 13.1 Å². The molecule has 1 amide bonds. The number of nitrogens with one attached hydrogen (secondary N) is 1. The zero-order valence-electron chi connectivity index (χ0n) is 18.7. The van der Waals surface area contributed by atoms with Gasteiger partial charge in [-0.3, -0.25) is 9.52 Å². The zero-order valence-corrected chi connectivity index (χ0v) is 20.3. The van der Waals surface area contributed by atoms with Crippen LogP contribution in [0.15, 0.2) is 59.5 Å². The van der Waals surface area contributed by atoms with Crippen molar-refractivity contribution in [1.29, 1.82) is 0 Å². The smallest absolute Gasteiger partial charge is 0.265 e. The highest BCUT2D eigenvalue weighted by atomic mass is 32.2. The molecule has 4 rings (SSSR count). The quantitative estimate of drug-likeness (QED) is 0.537. The molecule has 0 radical (unpaired) electrons. The van der Waals surface area contributed by atoms with Crippen LogP contribution in [0.3, 0.4) is 0 Å². The van der Waals surface area contributed by atoms with Gasteiger partial charge in [0.2, 0.25) is 0 Å². The maximum absolute atomic E-state index is 13.1. The van der Waals surface area contributed by atoms with Crippen LogP contribution in [0, 0.1) is 12.8 Å². The van der Waals surface area contributed by atoms with E-state index < -0.39 is 10.0 Å². The summed E-state index contributed by atoms with van der Waals surface area (Å²) in [6.07, 6.45) is 2.94. The summed E-state index contributed by atoms with van der Waals surface area (Å²) in [6.45, 7) is 3.12. The first-order valence-electron chi connectivity index (χ1n) is 10.8. The van der Waals surface area contributed by atoms with Crippen molar-refractivity contribution in [3.05, 3.63) is 70.7 Å². The van der Waals surface area contributed by atoms with Crippen LogP contribution < -0.4 is 9.46 Å². The normalized spacial score (nSPS) is 14.8. The van der Waals surface area contributed by atoms with Crippen molar-refractivity contribution < 1.29 is 17.9 Å². The van der Waals surface area contributed by atoms with Gasteiger partial charge in [0.15, 0.2) is 5.13 Å². The number of hydrogen-bond donors (Lipinski definition) is 1. The molecule has 0 bridgehead atoms. The number of anilines is 1. The van der Waals surface area contributed by atoms with E-state index in [9.17, 15) is 13.2 Å². The second-order valence-electron chi connectivity index (χ2n) is 8.14. The van der Waals surface area contributed by atoms with Crippen LogP contribution in [0.4, 0.5) is 5.13 Å². The second-order valence-corrected chi connectivity index (χ2v) is 10.8. The first-order valence-corrected chi connectivity index (χ1v) is 13.1. The van der Waals surface area contributed by atoms with E-state index in [-0.39, 0.29) is 15.9 Å². The number of amides is 1. The minimum atomic E-state index is -3.81. The topological polar surface area (TPSA) is 88.6 Å². The van der Waals surface area contributed by atoms with E-state index >= 15 is 0 Å². The average Bonchev–Trinajstić information content (AvgIpc) is 3.19. The van der Waals surface area contributed by atoms with Gasteiger partial charge in [-0.15, -0.1) is 0 Å². The highest BCUT2D eigenvalue weighted by molar-refractivity contribution is 7.93. The molecule has 1 aromatic heterocycles. The van der Waals surface area contributed by atoms with Gasteiger partial charge in [-0.25, -0.2) is 13.4 Å². The SMILES string of the molecule is COc1ccc(S(=O)(=O)Nc2nc(C)c(C(=O)N3CCC(Cc4ccccc4)CC3)s2)cc1. The standard InChI is InChI=1S/C24H27N3O4S2/c1-17-22(23(28)27-14-12-19(13-15-27)16-18-6-4-3-5-7-18)32-24(25-17)26-33(29,30)21-10-8-20(31-2)9-11-21/h3-11,19H,12-16H2,1-2H3,(H,25,26). The summed E-state index contributed by atoms with van der Waals surface area (Å²) in [7, 11) is -2.29. The van der Waals surface area contributed by atoms with Crippen LogP contribution in [0.2, 0.25) is 0 Å². The molecule has 33 heavy (non-hydrogen) atoms. The van der Waals surface area contributed by atoms with Gasteiger partial charge in [0.25, 0.3) is 15.9 Å². The first-order chi connectivity index (χ1) is 15.9. The third kappa shape index (κ3) is 5.54. The predicted octanol–water partition coefficient (Wildman–Crippen LogP) is 4.36. The molecule has 7 nitrogen and oxygen atoms in total. The van der Waals surface area contributed by atoms with Crippen molar-refractivity contribution in [1.82, 2.24) is 9.88 Å². The van der Waals surface area contributed by atoms with Gasteiger partial charge < -0.3 is 9.64 Å². The Bertz CT molecular complexity index is 1200. The van der Waals surface area contributed by atoms with Crippen molar-refractivity contribution in [2.24, 2.45) is 5.92 Å². The van der Waals surface area contributed by atoms with Crippen molar-refractivity contribution in [2.75, 3.05) is 24.9 Å². The Balaban J connectivity index is 1.39. The van der Waals surface area contributed by atoms with Crippen molar-refractivity contribution in [3.8, 4) is 5.75 Å². The van der Waals surface area contributed by atoms with Gasteiger partial charge in [0.05, 0.1) is 17.7 Å². The molecule has 3 aromatic rings. The van der Waals surface area contributed by atoms with Crippen LogP contribution in [-0.4, -0.2) is 44.4 Å². The van der Waals surface area contributed by atoms with E-state index in [1.807, 2.05) is 11.0 Å². The number of likely N-dealkylation sites (tertiary alicyclic amines) is 1. The molecule has 0 atom stereocenters. The summed E-state index contributed by atoms with van der Waals surface area (Å²) in [6, 6.07) is 16.5. The predicted molar refractivity (Wildman–Crippen MR) is 129 cm³/mol. The molecular formula is C24H27N3O4S2. The number of hydrogen-bond acceptors (Lipinski definition) is 6. The molecule has 2 aromatic carbocycles. The number of nitrogens with zero attached hydrogens (tertiary/aromatic N) is 2. The molecule has 0 aliphatic carbocycles. The van der Waals surface area contributed by atoms with Gasteiger partial charge in [-0.05, 0) is 61.9 Å². The summed E-state index contributed by atoms with van der Waals surface area (Å²) in [5.41, 5.74) is 1.86. The maximum atomic E-state index is 13.1. The van der Waals surface area contributed by atoms with E-state index in [0.717, 1.165) is 30.6 Å². The second kappa shape index (κ2) is 9.93. The molecule has 1 fully saturated rings.